The smallest absolute Gasteiger partial charge is 0.407 e. The predicted octanol–water partition coefficient (Wildman–Crippen LogP) is 3.41. The molecule has 0 saturated heterocycles. The van der Waals surface area contributed by atoms with Crippen molar-refractivity contribution < 1.29 is 24.5 Å². The topological polar surface area (TPSA) is 95.9 Å². The van der Waals surface area contributed by atoms with Gasteiger partial charge < -0.3 is 20.3 Å². The summed E-state index contributed by atoms with van der Waals surface area (Å²) in [6.45, 7) is 2.77. The van der Waals surface area contributed by atoms with E-state index < -0.39 is 18.2 Å². The first kappa shape index (κ1) is 22.2. The van der Waals surface area contributed by atoms with Gasteiger partial charge in [-0.2, -0.15) is 0 Å². The van der Waals surface area contributed by atoms with Gasteiger partial charge >= 0.3 is 12.1 Å². The van der Waals surface area contributed by atoms with Crippen molar-refractivity contribution in [1.82, 2.24) is 5.32 Å². The molecule has 0 aromatic carbocycles. The van der Waals surface area contributed by atoms with E-state index in [4.69, 9.17) is 9.84 Å². The van der Waals surface area contributed by atoms with Gasteiger partial charge in [0.2, 0.25) is 0 Å². The molecule has 3 N–H and O–H groups in total. The predicted molar refractivity (Wildman–Crippen MR) is 93.9 cm³/mol. The summed E-state index contributed by atoms with van der Waals surface area (Å²) in [4.78, 5) is 21.7. The van der Waals surface area contributed by atoms with Gasteiger partial charge in [0.05, 0.1) is 12.7 Å². The molecule has 0 aliphatic rings. The fourth-order valence-corrected chi connectivity index (χ4v) is 1.95. The lowest BCUT2D eigenvalue weighted by Crippen LogP contribution is -2.24. The highest BCUT2D eigenvalue weighted by atomic mass is 16.5. The van der Waals surface area contributed by atoms with Crippen LogP contribution in [0.5, 0.6) is 0 Å². The Hall–Kier alpha value is -1.82. The number of allylic oxidation sites excluding steroid dienone is 2. The number of aliphatic hydroxyl groups is 1. The van der Waals surface area contributed by atoms with E-state index in [1.54, 1.807) is 24.3 Å². The van der Waals surface area contributed by atoms with E-state index in [-0.39, 0.29) is 6.42 Å². The number of ether oxygens (including phenoxy) is 1. The standard InChI is InChI=1S/C18H31NO5/c1-2-3-6-11-16(20)12-7-4-9-14-19-18(23)24-15-10-5-8-13-17(21)22/h4,7,9,12,16,20H,2-3,5-6,8,10-11,13-15H2,1H3,(H,19,23)(H,21,22)/b9-4+,12-7+. The number of carboxylic acid groups (broad SMARTS) is 1. The van der Waals surface area contributed by atoms with Crippen LogP contribution in [0, 0.1) is 0 Å². The summed E-state index contributed by atoms with van der Waals surface area (Å²) < 4.78 is 4.96. The quantitative estimate of drug-likeness (QED) is 0.332. The van der Waals surface area contributed by atoms with Crippen LogP contribution in [0.4, 0.5) is 4.79 Å². The lowest BCUT2D eigenvalue weighted by molar-refractivity contribution is -0.137. The number of aliphatic hydroxyl groups excluding tert-OH is 1. The highest BCUT2D eigenvalue weighted by molar-refractivity contribution is 5.67. The maximum absolute atomic E-state index is 11.4. The molecule has 0 rings (SSSR count). The Kier molecular flexibility index (Phi) is 14.8. The minimum atomic E-state index is -0.803. The number of hydrogen-bond acceptors (Lipinski definition) is 4. The number of carbonyl (C=O) groups excluding carboxylic acids is 1. The molecule has 0 fully saturated rings. The van der Waals surface area contributed by atoms with Crippen molar-refractivity contribution in [3.63, 3.8) is 0 Å². The van der Waals surface area contributed by atoms with E-state index >= 15 is 0 Å². The third-order valence-corrected chi connectivity index (χ3v) is 3.32. The van der Waals surface area contributed by atoms with Crippen molar-refractivity contribution >= 4 is 12.1 Å². The van der Waals surface area contributed by atoms with Crippen LogP contribution in [0.25, 0.3) is 0 Å². The molecule has 0 spiro atoms. The number of rotatable bonds is 14. The van der Waals surface area contributed by atoms with E-state index in [0.29, 0.717) is 26.0 Å². The Bertz CT molecular complexity index is 393. The molecule has 1 amide bonds. The third-order valence-electron chi connectivity index (χ3n) is 3.32. The Morgan fingerprint density at radius 3 is 2.62 bits per heavy atom. The molecule has 0 radical (unpaired) electrons. The van der Waals surface area contributed by atoms with Crippen molar-refractivity contribution in [2.45, 2.75) is 64.4 Å². The summed E-state index contributed by atoms with van der Waals surface area (Å²) in [6, 6.07) is 0. The molecule has 0 aromatic heterocycles. The number of amides is 1. The lowest BCUT2D eigenvalue weighted by Gasteiger charge is -2.04. The minimum absolute atomic E-state index is 0.151. The molecule has 6 nitrogen and oxygen atoms in total. The second-order valence-corrected chi connectivity index (χ2v) is 5.60. The van der Waals surface area contributed by atoms with Crippen LogP contribution in [0.3, 0.4) is 0 Å². The highest BCUT2D eigenvalue weighted by Gasteiger charge is 2.00. The maximum Gasteiger partial charge on any atom is 0.407 e. The number of carboxylic acids is 1. The van der Waals surface area contributed by atoms with Crippen molar-refractivity contribution in [2.24, 2.45) is 0 Å². The van der Waals surface area contributed by atoms with Crippen LogP contribution in [0.2, 0.25) is 0 Å². The normalized spacial score (nSPS) is 12.6. The molecule has 6 heteroatoms. The van der Waals surface area contributed by atoms with Gasteiger partial charge in [-0.25, -0.2) is 4.79 Å². The molecule has 0 aliphatic carbocycles. The second-order valence-electron chi connectivity index (χ2n) is 5.60. The number of nitrogens with one attached hydrogen (secondary N) is 1. The van der Waals surface area contributed by atoms with Gasteiger partial charge in [-0.1, -0.05) is 50.5 Å². The first-order chi connectivity index (χ1) is 11.6. The highest BCUT2D eigenvalue weighted by Crippen LogP contribution is 2.04. The van der Waals surface area contributed by atoms with Gasteiger partial charge in [0.1, 0.15) is 0 Å². The van der Waals surface area contributed by atoms with Crippen LogP contribution in [0.15, 0.2) is 24.3 Å². The average molecular weight is 341 g/mol. The zero-order chi connectivity index (χ0) is 18.0. The zero-order valence-electron chi connectivity index (χ0n) is 14.6. The molecule has 0 heterocycles. The second kappa shape index (κ2) is 16.1. The van der Waals surface area contributed by atoms with E-state index in [9.17, 15) is 14.7 Å². The van der Waals surface area contributed by atoms with Gasteiger partial charge in [-0.05, 0) is 25.7 Å². The molecule has 0 aromatic rings. The fraction of sp³-hybridized carbons (Fsp3) is 0.667. The van der Waals surface area contributed by atoms with Crippen LogP contribution in [-0.2, 0) is 9.53 Å². The Labute approximate surface area is 144 Å². The largest absolute Gasteiger partial charge is 0.481 e. The Morgan fingerprint density at radius 1 is 1.12 bits per heavy atom. The summed E-state index contributed by atoms with van der Waals surface area (Å²) in [7, 11) is 0. The molecule has 0 bridgehead atoms. The van der Waals surface area contributed by atoms with Crippen molar-refractivity contribution in [1.29, 1.82) is 0 Å². The van der Waals surface area contributed by atoms with Crippen molar-refractivity contribution in [3.8, 4) is 0 Å². The summed E-state index contributed by atoms with van der Waals surface area (Å²) in [5, 5.41) is 20.7. The maximum atomic E-state index is 11.4. The number of aliphatic carboxylic acids is 1. The lowest BCUT2D eigenvalue weighted by atomic mass is 10.1. The molecule has 0 saturated carbocycles. The van der Waals surface area contributed by atoms with Crippen molar-refractivity contribution in [2.75, 3.05) is 13.2 Å². The molecular formula is C18H31NO5. The molecule has 1 unspecified atom stereocenters. The molecule has 138 valence electrons. The van der Waals surface area contributed by atoms with Crippen LogP contribution in [-0.4, -0.2) is 41.5 Å². The fourth-order valence-electron chi connectivity index (χ4n) is 1.95. The number of unbranched alkanes of at least 4 members (excludes halogenated alkanes) is 4. The van der Waals surface area contributed by atoms with Gasteiger partial charge in [0, 0.05) is 13.0 Å². The van der Waals surface area contributed by atoms with E-state index in [2.05, 4.69) is 12.2 Å². The number of hydrogen-bond donors (Lipinski definition) is 3. The first-order valence-corrected chi connectivity index (χ1v) is 8.70. The molecule has 24 heavy (non-hydrogen) atoms. The van der Waals surface area contributed by atoms with Gasteiger partial charge in [-0.3, -0.25) is 4.79 Å². The average Bonchev–Trinajstić information content (AvgIpc) is 2.54. The number of alkyl carbamates (subject to hydrolysis) is 1. The molecular weight excluding hydrogens is 310 g/mol. The summed E-state index contributed by atoms with van der Waals surface area (Å²) in [5.41, 5.74) is 0. The third kappa shape index (κ3) is 16.5. The monoisotopic (exact) mass is 341 g/mol. The SMILES string of the molecule is CCCCCC(O)/C=C/C=C/CNC(=O)OCCCCCC(=O)O. The van der Waals surface area contributed by atoms with Gasteiger partial charge in [0.25, 0.3) is 0 Å². The summed E-state index contributed by atoms with van der Waals surface area (Å²) >= 11 is 0. The van der Waals surface area contributed by atoms with Crippen LogP contribution in [0.1, 0.15) is 58.3 Å². The van der Waals surface area contributed by atoms with E-state index in [1.807, 2.05) is 0 Å². The Morgan fingerprint density at radius 2 is 1.92 bits per heavy atom. The summed E-state index contributed by atoms with van der Waals surface area (Å²) in [5.74, 6) is -0.803. The molecule has 0 aliphatic heterocycles. The zero-order valence-corrected chi connectivity index (χ0v) is 14.6. The van der Waals surface area contributed by atoms with E-state index in [1.165, 1.54) is 0 Å². The number of carbonyl (C=O) groups is 2. The van der Waals surface area contributed by atoms with E-state index in [0.717, 1.165) is 32.1 Å². The van der Waals surface area contributed by atoms with Gasteiger partial charge in [-0.15, -0.1) is 0 Å². The Balaban J connectivity index is 3.54. The van der Waals surface area contributed by atoms with Crippen LogP contribution >= 0.6 is 0 Å². The van der Waals surface area contributed by atoms with Crippen LogP contribution < -0.4 is 5.32 Å². The molecule has 1 atom stereocenters. The first-order valence-electron chi connectivity index (χ1n) is 8.70. The van der Waals surface area contributed by atoms with Gasteiger partial charge in [0.15, 0.2) is 0 Å². The summed E-state index contributed by atoms with van der Waals surface area (Å²) in [6.07, 6.45) is 12.4. The van der Waals surface area contributed by atoms with Crippen molar-refractivity contribution in [3.05, 3.63) is 24.3 Å². The minimum Gasteiger partial charge on any atom is -0.481 e.